The monoisotopic (exact) mass is 241 g/mol. The summed E-state index contributed by atoms with van der Waals surface area (Å²) < 4.78 is 0. The van der Waals surface area contributed by atoms with Gasteiger partial charge in [0.2, 0.25) is 0 Å². The summed E-state index contributed by atoms with van der Waals surface area (Å²) in [5.74, 6) is -2.84. The second kappa shape index (κ2) is 5.58. The van der Waals surface area contributed by atoms with E-state index in [2.05, 4.69) is 5.32 Å². The second-order valence-electron chi connectivity index (χ2n) is 4.14. The van der Waals surface area contributed by atoms with Crippen molar-refractivity contribution in [2.24, 2.45) is 11.8 Å². The lowest BCUT2D eigenvalue weighted by Gasteiger charge is -2.20. The largest absolute Gasteiger partial charge is 0.481 e. The van der Waals surface area contributed by atoms with Crippen LogP contribution < -0.4 is 5.32 Å². The first-order chi connectivity index (χ1) is 7.97. The van der Waals surface area contributed by atoms with E-state index >= 15 is 0 Å². The Morgan fingerprint density at radius 3 is 2.53 bits per heavy atom. The van der Waals surface area contributed by atoms with E-state index in [0.29, 0.717) is 18.4 Å². The normalized spacial score (nSPS) is 29.0. The fraction of sp³-hybridized carbons (Fsp3) is 0.545. The molecule has 1 aliphatic rings. The number of carboxylic acid groups (broad SMARTS) is 2. The Balaban J connectivity index is 2.91. The van der Waals surface area contributed by atoms with Crippen LogP contribution in [-0.4, -0.2) is 41.0 Å². The molecule has 3 N–H and O–H groups in total. The highest BCUT2D eigenvalue weighted by Gasteiger charge is 2.41. The summed E-state index contributed by atoms with van der Waals surface area (Å²) in [6, 6.07) is -0.869. The van der Waals surface area contributed by atoms with Gasteiger partial charge in [0.25, 0.3) is 0 Å². The molecule has 1 rings (SSSR count). The number of aldehydes is 1. The molecule has 6 nitrogen and oxygen atoms in total. The molecule has 1 saturated heterocycles. The number of carbonyl (C=O) groups excluding carboxylic acids is 1. The molecule has 0 radical (unpaired) electrons. The van der Waals surface area contributed by atoms with Crippen LogP contribution in [0.3, 0.4) is 0 Å². The zero-order valence-electron chi connectivity index (χ0n) is 9.42. The molecular formula is C11H15NO5. The van der Waals surface area contributed by atoms with E-state index in [4.69, 9.17) is 10.2 Å². The summed E-state index contributed by atoms with van der Waals surface area (Å²) in [7, 11) is 0. The van der Waals surface area contributed by atoms with Gasteiger partial charge in [-0.05, 0) is 18.9 Å². The van der Waals surface area contributed by atoms with Crippen molar-refractivity contribution < 1.29 is 24.6 Å². The number of allylic oxidation sites excluding steroid dienone is 1. The molecule has 0 spiro atoms. The third-order valence-electron chi connectivity index (χ3n) is 3.09. The Morgan fingerprint density at radius 1 is 1.41 bits per heavy atom. The van der Waals surface area contributed by atoms with E-state index in [0.717, 1.165) is 0 Å². The molecule has 6 heteroatoms. The van der Waals surface area contributed by atoms with Gasteiger partial charge in [-0.3, -0.25) is 14.4 Å². The Kier molecular flexibility index (Phi) is 4.39. The lowest BCUT2D eigenvalue weighted by atomic mass is 9.83. The summed E-state index contributed by atoms with van der Waals surface area (Å²) in [6.07, 6.45) is 1.76. The number of carbonyl (C=O) groups is 3. The van der Waals surface area contributed by atoms with Gasteiger partial charge in [0.1, 0.15) is 12.3 Å². The summed E-state index contributed by atoms with van der Waals surface area (Å²) >= 11 is 0. The first kappa shape index (κ1) is 13.4. The van der Waals surface area contributed by atoms with Crippen molar-refractivity contribution >= 4 is 18.2 Å². The SMILES string of the molecule is CC(=CC=O)[C@H]1CN[C@H](C(=O)O)[C@H]1CC(=O)O. The van der Waals surface area contributed by atoms with Crippen LogP contribution in [0.25, 0.3) is 0 Å². The smallest absolute Gasteiger partial charge is 0.321 e. The first-order valence-corrected chi connectivity index (χ1v) is 5.27. The van der Waals surface area contributed by atoms with Crippen molar-refractivity contribution in [3.8, 4) is 0 Å². The zero-order chi connectivity index (χ0) is 13.0. The van der Waals surface area contributed by atoms with Crippen LogP contribution in [0.5, 0.6) is 0 Å². The fourth-order valence-electron chi connectivity index (χ4n) is 2.25. The number of rotatable bonds is 5. The zero-order valence-corrected chi connectivity index (χ0v) is 9.42. The van der Waals surface area contributed by atoms with Gasteiger partial charge in [-0.2, -0.15) is 0 Å². The Hall–Kier alpha value is -1.69. The molecule has 0 amide bonds. The lowest BCUT2D eigenvalue weighted by molar-refractivity contribution is -0.142. The van der Waals surface area contributed by atoms with E-state index in [1.54, 1.807) is 6.92 Å². The van der Waals surface area contributed by atoms with E-state index in [-0.39, 0.29) is 12.3 Å². The van der Waals surface area contributed by atoms with Gasteiger partial charge in [0, 0.05) is 12.5 Å². The maximum Gasteiger partial charge on any atom is 0.321 e. The van der Waals surface area contributed by atoms with E-state index in [1.165, 1.54) is 6.08 Å². The molecule has 1 fully saturated rings. The molecule has 0 aromatic heterocycles. The molecule has 3 atom stereocenters. The van der Waals surface area contributed by atoms with E-state index < -0.39 is 23.9 Å². The highest BCUT2D eigenvalue weighted by Crippen LogP contribution is 2.31. The number of nitrogens with one attached hydrogen (secondary N) is 1. The molecular weight excluding hydrogens is 226 g/mol. The quantitative estimate of drug-likeness (QED) is 0.458. The molecule has 0 aromatic rings. The molecule has 0 aliphatic carbocycles. The standard InChI is InChI=1S/C11H15NO5/c1-6(2-3-13)8-5-12-10(11(16)17)7(8)4-9(14)15/h2-3,7-8,10,12H,4-5H2,1H3,(H,14,15)(H,16,17)/t7-,8+,10-/m0/s1. The third kappa shape index (κ3) is 3.13. The van der Waals surface area contributed by atoms with Crippen LogP contribution in [0.1, 0.15) is 13.3 Å². The van der Waals surface area contributed by atoms with Crippen molar-refractivity contribution in [1.29, 1.82) is 0 Å². The Bertz CT molecular complexity index is 363. The van der Waals surface area contributed by atoms with Crippen molar-refractivity contribution in [3.63, 3.8) is 0 Å². The molecule has 0 bridgehead atoms. The summed E-state index contributed by atoms with van der Waals surface area (Å²) in [5, 5.41) is 20.6. The third-order valence-corrected chi connectivity index (χ3v) is 3.09. The van der Waals surface area contributed by atoms with Crippen molar-refractivity contribution in [3.05, 3.63) is 11.6 Å². The van der Waals surface area contributed by atoms with Crippen LogP contribution in [0.4, 0.5) is 0 Å². The van der Waals surface area contributed by atoms with Crippen molar-refractivity contribution in [2.45, 2.75) is 19.4 Å². The predicted octanol–water partition coefficient (Wildman–Crippen LogP) is -0.105. The molecule has 1 aliphatic heterocycles. The molecule has 0 unspecified atom stereocenters. The van der Waals surface area contributed by atoms with Gasteiger partial charge in [-0.1, -0.05) is 5.57 Å². The molecule has 1 heterocycles. The summed E-state index contributed by atoms with van der Waals surface area (Å²) in [4.78, 5) is 32.1. The van der Waals surface area contributed by atoms with Crippen molar-refractivity contribution in [1.82, 2.24) is 5.32 Å². The van der Waals surface area contributed by atoms with Gasteiger partial charge >= 0.3 is 11.9 Å². The minimum atomic E-state index is -1.06. The topological polar surface area (TPSA) is 104 Å². The lowest BCUT2D eigenvalue weighted by Crippen LogP contribution is -2.36. The second-order valence-corrected chi connectivity index (χ2v) is 4.14. The first-order valence-electron chi connectivity index (χ1n) is 5.27. The Labute approximate surface area is 98.3 Å². The number of carboxylic acids is 2. The van der Waals surface area contributed by atoms with Gasteiger partial charge in [0.15, 0.2) is 0 Å². The van der Waals surface area contributed by atoms with Gasteiger partial charge < -0.3 is 15.5 Å². The Morgan fingerprint density at radius 2 is 2.06 bits per heavy atom. The number of hydrogen-bond donors (Lipinski definition) is 3. The molecule has 0 aromatic carbocycles. The molecule has 17 heavy (non-hydrogen) atoms. The maximum absolute atomic E-state index is 11.0. The minimum Gasteiger partial charge on any atom is -0.481 e. The maximum atomic E-state index is 11.0. The average molecular weight is 241 g/mol. The van der Waals surface area contributed by atoms with Crippen LogP contribution in [0.15, 0.2) is 11.6 Å². The fourth-order valence-corrected chi connectivity index (χ4v) is 2.25. The average Bonchev–Trinajstić information content (AvgIpc) is 2.60. The van der Waals surface area contributed by atoms with Crippen LogP contribution in [-0.2, 0) is 14.4 Å². The number of hydrogen-bond acceptors (Lipinski definition) is 4. The van der Waals surface area contributed by atoms with Gasteiger partial charge in [-0.15, -0.1) is 0 Å². The van der Waals surface area contributed by atoms with Gasteiger partial charge in [-0.25, -0.2) is 0 Å². The van der Waals surface area contributed by atoms with Crippen LogP contribution in [0.2, 0.25) is 0 Å². The highest BCUT2D eigenvalue weighted by molar-refractivity contribution is 5.77. The minimum absolute atomic E-state index is 0.224. The summed E-state index contributed by atoms with van der Waals surface area (Å²) in [6.45, 7) is 2.09. The predicted molar refractivity (Wildman–Crippen MR) is 58.5 cm³/mol. The van der Waals surface area contributed by atoms with E-state index in [1.807, 2.05) is 0 Å². The van der Waals surface area contributed by atoms with Crippen molar-refractivity contribution in [2.75, 3.05) is 6.54 Å². The summed E-state index contributed by atoms with van der Waals surface area (Å²) in [5.41, 5.74) is 0.711. The van der Waals surface area contributed by atoms with Gasteiger partial charge in [0.05, 0.1) is 6.42 Å². The number of aliphatic carboxylic acids is 2. The van der Waals surface area contributed by atoms with E-state index in [9.17, 15) is 14.4 Å². The highest BCUT2D eigenvalue weighted by atomic mass is 16.4. The molecule has 94 valence electrons. The molecule has 0 saturated carbocycles. The van der Waals surface area contributed by atoms with Crippen LogP contribution >= 0.6 is 0 Å². The van der Waals surface area contributed by atoms with Crippen LogP contribution in [0, 0.1) is 11.8 Å².